The normalized spacial score (nSPS) is 23.0. The molecule has 0 aromatic heterocycles. The Morgan fingerprint density at radius 2 is 2.33 bits per heavy atom. The smallest absolute Gasteiger partial charge is 0.250 e. The van der Waals surface area contributed by atoms with Gasteiger partial charge in [0, 0.05) is 16.2 Å². The molecule has 1 aliphatic carbocycles. The zero-order valence-corrected chi connectivity index (χ0v) is 11.7. The first-order chi connectivity index (χ1) is 8.63. The maximum atomic E-state index is 11.7. The molecular formula is C13H17BrN2O2. The molecule has 2 rings (SSSR count). The van der Waals surface area contributed by atoms with Crippen molar-refractivity contribution in [3.63, 3.8) is 0 Å². The summed E-state index contributed by atoms with van der Waals surface area (Å²) in [6.45, 7) is 0.0872. The Balaban J connectivity index is 1.75. The second-order valence-electron chi connectivity index (χ2n) is 4.56. The van der Waals surface area contributed by atoms with Crippen molar-refractivity contribution >= 4 is 27.5 Å². The minimum atomic E-state index is -0.131. The molecule has 1 saturated carbocycles. The number of nitrogens with two attached hydrogens (primary N) is 1. The zero-order chi connectivity index (χ0) is 13.0. The number of hydrogen-bond donors (Lipinski definition) is 2. The first-order valence-corrected chi connectivity index (χ1v) is 6.85. The molecular weight excluding hydrogens is 296 g/mol. The summed E-state index contributed by atoms with van der Waals surface area (Å²) in [6.07, 6.45) is 2.92. The molecule has 0 radical (unpaired) electrons. The summed E-state index contributed by atoms with van der Waals surface area (Å²) < 4.78 is 6.47. The van der Waals surface area contributed by atoms with Gasteiger partial charge in [-0.3, -0.25) is 4.79 Å². The van der Waals surface area contributed by atoms with Crippen LogP contribution in [0.4, 0.5) is 5.69 Å². The number of amides is 1. The fourth-order valence-corrected chi connectivity index (χ4v) is 2.48. The van der Waals surface area contributed by atoms with Crippen molar-refractivity contribution in [2.45, 2.75) is 31.4 Å². The molecule has 0 bridgehead atoms. The molecule has 1 aromatic rings. The Morgan fingerprint density at radius 1 is 1.50 bits per heavy atom. The van der Waals surface area contributed by atoms with E-state index in [-0.39, 0.29) is 24.7 Å². The van der Waals surface area contributed by atoms with Gasteiger partial charge in [-0.15, -0.1) is 0 Å². The fourth-order valence-electron chi connectivity index (χ4n) is 2.08. The first kappa shape index (κ1) is 13.5. The fraction of sp³-hybridized carbons (Fsp3) is 0.462. The lowest BCUT2D eigenvalue weighted by Gasteiger charge is -2.11. The number of carbonyl (C=O) groups is 1. The van der Waals surface area contributed by atoms with Crippen LogP contribution < -0.4 is 11.1 Å². The lowest BCUT2D eigenvalue weighted by molar-refractivity contribution is -0.122. The van der Waals surface area contributed by atoms with Gasteiger partial charge in [0.05, 0.1) is 6.10 Å². The van der Waals surface area contributed by atoms with Gasteiger partial charge < -0.3 is 15.8 Å². The van der Waals surface area contributed by atoms with E-state index in [0.29, 0.717) is 0 Å². The largest absolute Gasteiger partial charge is 0.368 e. The predicted octanol–water partition coefficient (Wildman–Crippen LogP) is 2.28. The maximum Gasteiger partial charge on any atom is 0.250 e. The molecule has 1 aromatic carbocycles. The number of anilines is 1. The van der Waals surface area contributed by atoms with Crippen LogP contribution >= 0.6 is 15.9 Å². The molecule has 1 amide bonds. The summed E-state index contributed by atoms with van der Waals surface area (Å²) >= 11 is 3.36. The van der Waals surface area contributed by atoms with Crippen LogP contribution in [-0.2, 0) is 9.53 Å². The summed E-state index contributed by atoms with van der Waals surface area (Å²) in [5.41, 5.74) is 6.55. The van der Waals surface area contributed by atoms with Crippen molar-refractivity contribution in [2.75, 3.05) is 11.9 Å². The van der Waals surface area contributed by atoms with Crippen LogP contribution in [0.5, 0.6) is 0 Å². The lowest BCUT2D eigenvalue weighted by Crippen LogP contribution is -2.23. The van der Waals surface area contributed by atoms with Crippen LogP contribution in [0.1, 0.15) is 19.3 Å². The van der Waals surface area contributed by atoms with Gasteiger partial charge in [0.25, 0.3) is 0 Å². The third-order valence-corrected chi connectivity index (χ3v) is 3.48. The van der Waals surface area contributed by atoms with E-state index in [1.807, 2.05) is 24.3 Å². The van der Waals surface area contributed by atoms with Crippen molar-refractivity contribution in [3.05, 3.63) is 28.7 Å². The summed E-state index contributed by atoms with van der Waals surface area (Å²) in [6, 6.07) is 7.70. The number of benzene rings is 1. The van der Waals surface area contributed by atoms with E-state index in [4.69, 9.17) is 10.5 Å². The van der Waals surface area contributed by atoms with Crippen molar-refractivity contribution in [3.8, 4) is 0 Å². The quantitative estimate of drug-likeness (QED) is 0.896. The molecule has 0 heterocycles. The molecule has 1 fully saturated rings. The van der Waals surface area contributed by atoms with Gasteiger partial charge in [-0.2, -0.15) is 0 Å². The molecule has 5 heteroatoms. The standard InChI is InChI=1S/C13H17BrN2O2/c14-9-2-1-3-11(6-9)16-13(17)8-18-12-5-4-10(15)7-12/h1-3,6,10,12H,4-5,7-8,15H2,(H,16,17). The average molecular weight is 313 g/mol. The Kier molecular flexibility index (Phi) is 4.74. The topological polar surface area (TPSA) is 64.3 Å². The summed E-state index contributed by atoms with van der Waals surface area (Å²) in [7, 11) is 0. The molecule has 98 valence electrons. The van der Waals surface area contributed by atoms with Crippen LogP contribution in [0.3, 0.4) is 0 Å². The SMILES string of the molecule is NC1CCC(OCC(=O)Nc2cccc(Br)c2)C1. The Labute approximate surface area is 115 Å². The van der Waals surface area contributed by atoms with Gasteiger partial charge in [-0.1, -0.05) is 22.0 Å². The molecule has 1 aliphatic rings. The molecule has 0 spiro atoms. The summed E-state index contributed by atoms with van der Waals surface area (Å²) in [5.74, 6) is -0.131. The lowest BCUT2D eigenvalue weighted by atomic mass is 10.3. The number of ether oxygens (including phenoxy) is 1. The molecule has 0 saturated heterocycles. The third-order valence-electron chi connectivity index (χ3n) is 2.98. The van der Waals surface area contributed by atoms with Crippen LogP contribution in [0.25, 0.3) is 0 Å². The van der Waals surface area contributed by atoms with E-state index in [1.165, 1.54) is 0 Å². The van der Waals surface area contributed by atoms with E-state index < -0.39 is 0 Å². The number of halogens is 1. The number of rotatable bonds is 4. The molecule has 18 heavy (non-hydrogen) atoms. The highest BCUT2D eigenvalue weighted by molar-refractivity contribution is 9.10. The minimum absolute atomic E-state index is 0.0872. The Morgan fingerprint density at radius 3 is 3.00 bits per heavy atom. The van der Waals surface area contributed by atoms with Crippen molar-refractivity contribution in [1.29, 1.82) is 0 Å². The number of nitrogens with one attached hydrogen (secondary N) is 1. The van der Waals surface area contributed by atoms with E-state index >= 15 is 0 Å². The molecule has 3 N–H and O–H groups in total. The monoisotopic (exact) mass is 312 g/mol. The Bertz CT molecular complexity index is 425. The van der Waals surface area contributed by atoms with Crippen molar-refractivity contribution in [2.24, 2.45) is 5.73 Å². The van der Waals surface area contributed by atoms with Crippen LogP contribution in [0.15, 0.2) is 28.7 Å². The highest BCUT2D eigenvalue weighted by Crippen LogP contribution is 2.20. The molecule has 0 aliphatic heterocycles. The van der Waals surface area contributed by atoms with Crippen LogP contribution in [0, 0.1) is 0 Å². The van der Waals surface area contributed by atoms with Crippen LogP contribution in [0.2, 0.25) is 0 Å². The van der Waals surface area contributed by atoms with Gasteiger partial charge in [-0.05, 0) is 37.5 Å². The Hall–Kier alpha value is -0.910. The molecule has 2 unspecified atom stereocenters. The summed E-state index contributed by atoms with van der Waals surface area (Å²) in [5, 5.41) is 2.79. The van der Waals surface area contributed by atoms with Crippen molar-refractivity contribution < 1.29 is 9.53 Å². The van der Waals surface area contributed by atoms with Gasteiger partial charge in [0.15, 0.2) is 0 Å². The zero-order valence-electron chi connectivity index (χ0n) is 10.1. The van der Waals surface area contributed by atoms with E-state index in [2.05, 4.69) is 21.2 Å². The third kappa shape index (κ3) is 4.08. The van der Waals surface area contributed by atoms with E-state index in [9.17, 15) is 4.79 Å². The number of hydrogen-bond acceptors (Lipinski definition) is 3. The van der Waals surface area contributed by atoms with Gasteiger partial charge in [0.2, 0.25) is 5.91 Å². The first-order valence-electron chi connectivity index (χ1n) is 6.06. The van der Waals surface area contributed by atoms with Gasteiger partial charge in [-0.25, -0.2) is 0 Å². The highest BCUT2D eigenvalue weighted by atomic mass is 79.9. The van der Waals surface area contributed by atoms with Crippen molar-refractivity contribution in [1.82, 2.24) is 0 Å². The highest BCUT2D eigenvalue weighted by Gasteiger charge is 2.22. The maximum absolute atomic E-state index is 11.7. The molecule has 2 atom stereocenters. The summed E-state index contributed by atoms with van der Waals surface area (Å²) in [4.78, 5) is 11.7. The van der Waals surface area contributed by atoms with Gasteiger partial charge >= 0.3 is 0 Å². The van der Waals surface area contributed by atoms with E-state index in [0.717, 1.165) is 29.4 Å². The second-order valence-corrected chi connectivity index (χ2v) is 5.48. The predicted molar refractivity (Wildman–Crippen MR) is 74.3 cm³/mol. The minimum Gasteiger partial charge on any atom is -0.368 e. The van der Waals surface area contributed by atoms with Gasteiger partial charge in [0.1, 0.15) is 6.61 Å². The average Bonchev–Trinajstić information content (AvgIpc) is 2.73. The van der Waals surface area contributed by atoms with E-state index in [1.54, 1.807) is 0 Å². The molecule has 4 nitrogen and oxygen atoms in total. The van der Waals surface area contributed by atoms with Crippen LogP contribution in [-0.4, -0.2) is 24.7 Å². The number of carbonyl (C=O) groups excluding carboxylic acids is 1. The second kappa shape index (κ2) is 6.31.